The predicted octanol–water partition coefficient (Wildman–Crippen LogP) is 2.52. The molecular formula is C11H21N. The maximum atomic E-state index is 3.20. The van der Waals surface area contributed by atoms with E-state index in [2.05, 4.69) is 37.8 Å². The van der Waals surface area contributed by atoms with E-state index in [-0.39, 0.29) is 0 Å². The Hall–Kier alpha value is -0.480. The largest absolute Gasteiger partial charge is 0.309 e. The van der Waals surface area contributed by atoms with E-state index < -0.39 is 0 Å². The fraction of sp³-hybridized carbons (Fsp3) is 0.818. The lowest BCUT2D eigenvalue weighted by molar-refractivity contribution is 0.403. The highest BCUT2D eigenvalue weighted by atomic mass is 15.0. The summed E-state index contributed by atoms with van der Waals surface area (Å²) in [5.74, 6) is 6.39. The molecule has 0 radical (unpaired) electrons. The van der Waals surface area contributed by atoms with E-state index >= 15 is 0 Å². The van der Waals surface area contributed by atoms with E-state index in [4.69, 9.17) is 0 Å². The summed E-state index contributed by atoms with van der Waals surface area (Å²) >= 11 is 0. The zero-order chi connectivity index (χ0) is 9.23. The van der Waals surface area contributed by atoms with Gasteiger partial charge in [-0.15, -0.1) is 11.8 Å². The van der Waals surface area contributed by atoms with Crippen molar-refractivity contribution in [1.82, 2.24) is 4.90 Å². The van der Waals surface area contributed by atoms with Gasteiger partial charge in [0.2, 0.25) is 0 Å². The topological polar surface area (TPSA) is 3.24 Å². The first kappa shape index (κ1) is 11.5. The molecule has 0 aromatic heterocycles. The van der Waals surface area contributed by atoms with Crippen molar-refractivity contribution in [3.63, 3.8) is 0 Å². The van der Waals surface area contributed by atoms with Crippen LogP contribution >= 0.6 is 0 Å². The number of unbranched alkanes of at least 4 members (excludes halogenated alkanes) is 3. The van der Waals surface area contributed by atoms with Crippen LogP contribution in [0.2, 0.25) is 0 Å². The molecule has 0 aromatic rings. The molecule has 0 atom stereocenters. The second kappa shape index (κ2) is 8.62. The van der Waals surface area contributed by atoms with Crippen LogP contribution in [0.5, 0.6) is 0 Å². The molecule has 0 aromatic carbocycles. The average Bonchev–Trinajstić information content (AvgIpc) is 2.02. The van der Waals surface area contributed by atoms with Gasteiger partial charge in [-0.05, 0) is 33.5 Å². The summed E-state index contributed by atoms with van der Waals surface area (Å²) in [4.78, 5) is 2.20. The Morgan fingerprint density at radius 2 is 1.58 bits per heavy atom. The monoisotopic (exact) mass is 167 g/mol. The van der Waals surface area contributed by atoms with Crippen molar-refractivity contribution in [2.24, 2.45) is 0 Å². The standard InChI is InChI=1S/C11H21N/c1-4-5-6-7-8-9-10-11-12(2)3/h4-6,9-11H2,1-3H3. The van der Waals surface area contributed by atoms with Gasteiger partial charge in [0.15, 0.2) is 0 Å². The summed E-state index contributed by atoms with van der Waals surface area (Å²) in [7, 11) is 4.20. The summed E-state index contributed by atoms with van der Waals surface area (Å²) < 4.78 is 0. The third-order valence-corrected chi connectivity index (χ3v) is 1.69. The van der Waals surface area contributed by atoms with Crippen LogP contribution in [0.25, 0.3) is 0 Å². The van der Waals surface area contributed by atoms with Gasteiger partial charge in [-0.2, -0.15) is 0 Å². The van der Waals surface area contributed by atoms with Crippen LogP contribution in [0.4, 0.5) is 0 Å². The first-order valence-electron chi connectivity index (χ1n) is 4.87. The van der Waals surface area contributed by atoms with Crippen LogP contribution in [-0.2, 0) is 0 Å². The molecule has 0 aliphatic heterocycles. The molecule has 1 heteroatoms. The van der Waals surface area contributed by atoms with Crippen molar-refractivity contribution in [2.45, 2.75) is 39.0 Å². The number of nitrogens with zero attached hydrogens (tertiary/aromatic N) is 1. The maximum absolute atomic E-state index is 3.20. The van der Waals surface area contributed by atoms with E-state index in [9.17, 15) is 0 Å². The van der Waals surface area contributed by atoms with Gasteiger partial charge >= 0.3 is 0 Å². The minimum Gasteiger partial charge on any atom is -0.309 e. The molecule has 0 saturated heterocycles. The minimum atomic E-state index is 1.06. The molecule has 0 spiro atoms. The summed E-state index contributed by atoms with van der Waals surface area (Å²) in [5, 5.41) is 0. The summed E-state index contributed by atoms with van der Waals surface area (Å²) in [6.07, 6.45) is 5.85. The second-order valence-electron chi connectivity index (χ2n) is 3.36. The van der Waals surface area contributed by atoms with E-state index in [0.29, 0.717) is 0 Å². The molecule has 0 unspecified atom stereocenters. The summed E-state index contributed by atoms with van der Waals surface area (Å²) in [6, 6.07) is 0. The summed E-state index contributed by atoms with van der Waals surface area (Å²) in [5.41, 5.74) is 0. The van der Waals surface area contributed by atoms with Gasteiger partial charge in [-0.1, -0.05) is 13.3 Å². The normalized spacial score (nSPS) is 9.67. The molecule has 0 bridgehead atoms. The van der Waals surface area contributed by atoms with Crippen LogP contribution in [0.15, 0.2) is 0 Å². The zero-order valence-corrected chi connectivity index (χ0v) is 8.69. The van der Waals surface area contributed by atoms with Crippen molar-refractivity contribution in [2.75, 3.05) is 20.6 Å². The van der Waals surface area contributed by atoms with Crippen LogP contribution in [0.1, 0.15) is 39.0 Å². The quantitative estimate of drug-likeness (QED) is 0.449. The Morgan fingerprint density at radius 1 is 1.00 bits per heavy atom. The Morgan fingerprint density at radius 3 is 2.08 bits per heavy atom. The summed E-state index contributed by atoms with van der Waals surface area (Å²) in [6.45, 7) is 3.36. The van der Waals surface area contributed by atoms with Crippen molar-refractivity contribution in [1.29, 1.82) is 0 Å². The highest BCUT2D eigenvalue weighted by Crippen LogP contribution is 1.92. The number of hydrogen-bond donors (Lipinski definition) is 0. The van der Waals surface area contributed by atoms with Crippen molar-refractivity contribution in [3.8, 4) is 11.8 Å². The van der Waals surface area contributed by atoms with Gasteiger partial charge in [0, 0.05) is 12.8 Å². The van der Waals surface area contributed by atoms with Crippen molar-refractivity contribution < 1.29 is 0 Å². The third kappa shape index (κ3) is 9.52. The third-order valence-electron chi connectivity index (χ3n) is 1.69. The Balaban J connectivity index is 3.10. The van der Waals surface area contributed by atoms with Gasteiger partial charge in [-0.3, -0.25) is 0 Å². The molecule has 0 aliphatic rings. The van der Waals surface area contributed by atoms with Gasteiger partial charge in [0.05, 0.1) is 0 Å². The Labute approximate surface area is 77.1 Å². The van der Waals surface area contributed by atoms with Crippen molar-refractivity contribution in [3.05, 3.63) is 0 Å². The molecule has 0 rings (SSSR count). The molecule has 0 saturated carbocycles. The van der Waals surface area contributed by atoms with Gasteiger partial charge in [-0.25, -0.2) is 0 Å². The van der Waals surface area contributed by atoms with E-state index in [1.54, 1.807) is 0 Å². The van der Waals surface area contributed by atoms with Crippen LogP contribution in [0.3, 0.4) is 0 Å². The molecule has 0 aliphatic carbocycles. The molecule has 0 fully saturated rings. The Bertz CT molecular complexity index is 139. The minimum absolute atomic E-state index is 1.06. The second-order valence-corrected chi connectivity index (χ2v) is 3.36. The lowest BCUT2D eigenvalue weighted by atomic mass is 10.2. The fourth-order valence-electron chi connectivity index (χ4n) is 0.926. The Kier molecular flexibility index (Phi) is 8.27. The molecule has 0 heterocycles. The van der Waals surface area contributed by atoms with E-state index in [1.807, 2.05) is 0 Å². The molecular weight excluding hydrogens is 146 g/mol. The van der Waals surface area contributed by atoms with Crippen molar-refractivity contribution >= 4 is 0 Å². The van der Waals surface area contributed by atoms with Crippen LogP contribution in [-0.4, -0.2) is 25.5 Å². The lowest BCUT2D eigenvalue weighted by Crippen LogP contribution is -2.12. The van der Waals surface area contributed by atoms with Gasteiger partial charge < -0.3 is 4.90 Å². The molecule has 0 N–H and O–H groups in total. The number of hydrogen-bond acceptors (Lipinski definition) is 1. The van der Waals surface area contributed by atoms with Crippen LogP contribution in [0, 0.1) is 11.8 Å². The zero-order valence-electron chi connectivity index (χ0n) is 8.69. The molecule has 1 nitrogen and oxygen atoms in total. The molecule has 0 amide bonds. The highest BCUT2D eigenvalue weighted by Gasteiger charge is 1.86. The number of rotatable bonds is 5. The fourth-order valence-corrected chi connectivity index (χ4v) is 0.926. The predicted molar refractivity (Wildman–Crippen MR) is 55.1 cm³/mol. The van der Waals surface area contributed by atoms with Crippen LogP contribution < -0.4 is 0 Å². The SMILES string of the molecule is CCCCC#CCCCN(C)C. The van der Waals surface area contributed by atoms with E-state index in [1.165, 1.54) is 19.3 Å². The average molecular weight is 167 g/mol. The first-order valence-corrected chi connectivity index (χ1v) is 4.87. The molecule has 12 heavy (non-hydrogen) atoms. The van der Waals surface area contributed by atoms with Gasteiger partial charge in [0.1, 0.15) is 0 Å². The maximum Gasteiger partial charge on any atom is 0.0101 e. The highest BCUT2D eigenvalue weighted by molar-refractivity contribution is 4.98. The molecule has 70 valence electrons. The lowest BCUT2D eigenvalue weighted by Gasteiger charge is -2.05. The first-order chi connectivity index (χ1) is 5.77. The van der Waals surface area contributed by atoms with Gasteiger partial charge in [0.25, 0.3) is 0 Å². The van der Waals surface area contributed by atoms with E-state index in [0.717, 1.165) is 19.4 Å². The smallest absolute Gasteiger partial charge is 0.0101 e.